The first-order valence-corrected chi connectivity index (χ1v) is 11.5. The Labute approximate surface area is 176 Å². The summed E-state index contributed by atoms with van der Waals surface area (Å²) in [5, 5.41) is 5.88. The highest BCUT2D eigenvalue weighted by Crippen LogP contribution is 2.26. The smallest absolute Gasteiger partial charge is 0.246 e. The minimum absolute atomic E-state index is 0.0858. The van der Waals surface area contributed by atoms with Crippen LogP contribution in [-0.4, -0.2) is 50.3 Å². The summed E-state index contributed by atoms with van der Waals surface area (Å²) in [5.74, 6) is 1.20. The minimum atomic E-state index is -0.232. The van der Waals surface area contributed by atoms with E-state index in [0.717, 1.165) is 25.7 Å². The Morgan fingerprint density at radius 1 is 0.793 bits per heavy atom. The van der Waals surface area contributed by atoms with Gasteiger partial charge in [-0.2, -0.15) is 0 Å². The largest absolute Gasteiger partial charge is 0.368 e. The summed E-state index contributed by atoms with van der Waals surface area (Å²) in [7, 11) is 0. The van der Waals surface area contributed by atoms with E-state index in [1.807, 2.05) is 13.8 Å². The van der Waals surface area contributed by atoms with Gasteiger partial charge in [-0.1, -0.05) is 53.4 Å². The maximum absolute atomic E-state index is 12.1. The SMILES string of the molecule is CC1CCCC(OCC(=O)NCC(C)(C)CNC(=O)COC2CCCC(C)C2)C1. The number of ether oxygens (including phenoxy) is 2. The number of carbonyl (C=O) groups is 2. The summed E-state index contributed by atoms with van der Waals surface area (Å²) < 4.78 is 11.6. The number of hydrogen-bond donors (Lipinski definition) is 2. The van der Waals surface area contributed by atoms with Crippen molar-refractivity contribution in [1.82, 2.24) is 10.6 Å². The van der Waals surface area contributed by atoms with E-state index < -0.39 is 0 Å². The van der Waals surface area contributed by atoms with Gasteiger partial charge in [-0.3, -0.25) is 9.59 Å². The Balaban J connectivity index is 1.57. The molecule has 0 spiro atoms. The first kappa shape index (κ1) is 24.1. The molecule has 0 heterocycles. The van der Waals surface area contributed by atoms with E-state index in [4.69, 9.17) is 9.47 Å². The van der Waals surface area contributed by atoms with Crippen molar-refractivity contribution in [2.45, 2.75) is 91.3 Å². The van der Waals surface area contributed by atoms with E-state index in [9.17, 15) is 9.59 Å². The van der Waals surface area contributed by atoms with Gasteiger partial charge in [-0.05, 0) is 42.9 Å². The summed E-state index contributed by atoms with van der Waals surface area (Å²) in [6.07, 6.45) is 9.52. The van der Waals surface area contributed by atoms with Crippen molar-refractivity contribution in [3.8, 4) is 0 Å². The quantitative estimate of drug-likeness (QED) is 0.578. The zero-order valence-corrected chi connectivity index (χ0v) is 18.9. The molecule has 0 aromatic heterocycles. The van der Waals surface area contributed by atoms with Crippen LogP contribution in [0.4, 0.5) is 0 Å². The van der Waals surface area contributed by atoms with Crippen molar-refractivity contribution in [2.24, 2.45) is 17.3 Å². The van der Waals surface area contributed by atoms with Crippen LogP contribution in [0.3, 0.4) is 0 Å². The first-order chi connectivity index (χ1) is 13.7. The molecule has 4 unspecified atom stereocenters. The summed E-state index contributed by atoms with van der Waals surface area (Å²) in [6.45, 7) is 9.78. The number of carbonyl (C=O) groups excluding carboxylic acids is 2. The van der Waals surface area contributed by atoms with Gasteiger partial charge in [0, 0.05) is 13.1 Å². The molecule has 168 valence electrons. The van der Waals surface area contributed by atoms with Crippen LogP contribution in [0.25, 0.3) is 0 Å². The topological polar surface area (TPSA) is 76.7 Å². The summed E-state index contributed by atoms with van der Waals surface area (Å²) in [6, 6.07) is 0. The third-order valence-electron chi connectivity index (χ3n) is 6.21. The van der Waals surface area contributed by atoms with Crippen LogP contribution >= 0.6 is 0 Å². The van der Waals surface area contributed by atoms with Crippen LogP contribution in [0, 0.1) is 17.3 Å². The standard InChI is InChI=1S/C23H42N2O4/c1-17-7-5-9-19(11-17)28-13-21(26)24-15-23(3,4)16-25-22(27)14-29-20-10-6-8-18(2)12-20/h17-20H,5-16H2,1-4H3,(H,24,26)(H,25,27). The molecule has 4 atom stereocenters. The van der Waals surface area contributed by atoms with Gasteiger partial charge in [0.05, 0.1) is 12.2 Å². The molecule has 2 rings (SSSR count). The van der Waals surface area contributed by atoms with E-state index in [0.29, 0.717) is 24.9 Å². The number of rotatable bonds is 10. The van der Waals surface area contributed by atoms with Crippen LogP contribution < -0.4 is 10.6 Å². The normalized spacial score (nSPS) is 28.0. The summed E-state index contributed by atoms with van der Waals surface area (Å²) in [4.78, 5) is 24.2. The molecule has 2 aliphatic carbocycles. The van der Waals surface area contributed by atoms with Crippen LogP contribution in [0.5, 0.6) is 0 Å². The molecule has 6 heteroatoms. The van der Waals surface area contributed by atoms with E-state index in [2.05, 4.69) is 24.5 Å². The molecule has 29 heavy (non-hydrogen) atoms. The second-order valence-electron chi connectivity index (χ2n) is 10.1. The van der Waals surface area contributed by atoms with Crippen molar-refractivity contribution in [1.29, 1.82) is 0 Å². The van der Waals surface area contributed by atoms with Crippen LogP contribution in [0.2, 0.25) is 0 Å². The second kappa shape index (κ2) is 11.9. The molecule has 2 fully saturated rings. The van der Waals surface area contributed by atoms with Gasteiger partial charge in [0.25, 0.3) is 0 Å². The number of amides is 2. The fourth-order valence-electron chi connectivity index (χ4n) is 4.29. The first-order valence-electron chi connectivity index (χ1n) is 11.5. The molecule has 6 nitrogen and oxygen atoms in total. The van der Waals surface area contributed by atoms with Gasteiger partial charge in [-0.15, -0.1) is 0 Å². The molecule has 0 bridgehead atoms. The molecule has 0 aromatic rings. The predicted octanol–water partition coefficient (Wildman–Crippen LogP) is 3.44. The summed E-state index contributed by atoms with van der Waals surface area (Å²) >= 11 is 0. The molecule has 0 saturated heterocycles. The maximum Gasteiger partial charge on any atom is 0.246 e. The van der Waals surface area contributed by atoms with Crippen LogP contribution in [0.1, 0.15) is 79.1 Å². The third-order valence-corrected chi connectivity index (χ3v) is 6.21. The average molecular weight is 411 g/mol. The molecule has 2 amide bonds. The molecule has 2 aliphatic rings. The van der Waals surface area contributed by atoms with Crippen LogP contribution in [-0.2, 0) is 19.1 Å². The Hall–Kier alpha value is -1.14. The van der Waals surface area contributed by atoms with Gasteiger partial charge in [0.2, 0.25) is 11.8 Å². The third kappa shape index (κ3) is 9.94. The predicted molar refractivity (Wildman–Crippen MR) is 115 cm³/mol. The van der Waals surface area contributed by atoms with Crippen molar-refractivity contribution in [3.63, 3.8) is 0 Å². The van der Waals surface area contributed by atoms with Gasteiger partial charge in [0.1, 0.15) is 13.2 Å². The van der Waals surface area contributed by atoms with Gasteiger partial charge in [-0.25, -0.2) is 0 Å². The molecule has 2 saturated carbocycles. The zero-order valence-electron chi connectivity index (χ0n) is 18.9. The van der Waals surface area contributed by atoms with Crippen LogP contribution in [0.15, 0.2) is 0 Å². The Morgan fingerprint density at radius 2 is 1.21 bits per heavy atom. The lowest BCUT2D eigenvalue weighted by atomic mass is 9.89. The van der Waals surface area contributed by atoms with Crippen molar-refractivity contribution in [3.05, 3.63) is 0 Å². The van der Waals surface area contributed by atoms with E-state index in [1.54, 1.807) is 0 Å². The summed E-state index contributed by atoms with van der Waals surface area (Å²) in [5.41, 5.74) is -0.232. The monoisotopic (exact) mass is 410 g/mol. The molecule has 0 radical (unpaired) electrons. The Bertz CT molecular complexity index is 479. The highest BCUT2D eigenvalue weighted by Gasteiger charge is 2.23. The lowest BCUT2D eigenvalue weighted by Crippen LogP contribution is -2.44. The highest BCUT2D eigenvalue weighted by molar-refractivity contribution is 5.77. The molecular weight excluding hydrogens is 368 g/mol. The second-order valence-corrected chi connectivity index (χ2v) is 10.1. The van der Waals surface area contributed by atoms with Crippen molar-refractivity contribution in [2.75, 3.05) is 26.3 Å². The lowest BCUT2D eigenvalue weighted by Gasteiger charge is -2.28. The van der Waals surface area contributed by atoms with Crippen molar-refractivity contribution >= 4 is 11.8 Å². The average Bonchev–Trinajstić information content (AvgIpc) is 2.68. The van der Waals surface area contributed by atoms with Gasteiger partial charge < -0.3 is 20.1 Å². The van der Waals surface area contributed by atoms with Gasteiger partial charge in [0.15, 0.2) is 0 Å². The number of hydrogen-bond acceptors (Lipinski definition) is 4. The zero-order chi connectivity index (χ0) is 21.3. The molecule has 2 N–H and O–H groups in total. The molecular formula is C23H42N2O4. The number of nitrogens with one attached hydrogen (secondary N) is 2. The highest BCUT2D eigenvalue weighted by atomic mass is 16.5. The fourth-order valence-corrected chi connectivity index (χ4v) is 4.29. The van der Waals surface area contributed by atoms with E-state index in [1.165, 1.54) is 25.7 Å². The Kier molecular flexibility index (Phi) is 9.90. The molecule has 0 aromatic carbocycles. The minimum Gasteiger partial charge on any atom is -0.368 e. The van der Waals surface area contributed by atoms with E-state index >= 15 is 0 Å². The van der Waals surface area contributed by atoms with Gasteiger partial charge >= 0.3 is 0 Å². The Morgan fingerprint density at radius 3 is 1.59 bits per heavy atom. The molecule has 0 aliphatic heterocycles. The fraction of sp³-hybridized carbons (Fsp3) is 0.913. The maximum atomic E-state index is 12.1. The van der Waals surface area contributed by atoms with Crippen molar-refractivity contribution < 1.29 is 19.1 Å². The lowest BCUT2D eigenvalue weighted by molar-refractivity contribution is -0.129. The van der Waals surface area contributed by atoms with E-state index in [-0.39, 0.29) is 42.7 Å².